The summed E-state index contributed by atoms with van der Waals surface area (Å²) >= 11 is 0. The Balaban J connectivity index is 2.02. The number of benzene rings is 1. The Morgan fingerprint density at radius 2 is 2.00 bits per heavy atom. The van der Waals surface area contributed by atoms with E-state index in [1.807, 2.05) is 6.07 Å². The molecule has 0 saturated heterocycles. The van der Waals surface area contributed by atoms with Crippen LogP contribution in [0, 0.1) is 5.82 Å². The van der Waals surface area contributed by atoms with Crippen LogP contribution in [0.5, 0.6) is 0 Å². The fourth-order valence-electron chi connectivity index (χ4n) is 2.82. The predicted octanol–water partition coefficient (Wildman–Crippen LogP) is 3.09. The van der Waals surface area contributed by atoms with Gasteiger partial charge in [0.1, 0.15) is 5.82 Å². The van der Waals surface area contributed by atoms with E-state index in [4.69, 9.17) is 4.74 Å². The first kappa shape index (κ1) is 17.5. The number of rotatable bonds is 4. The van der Waals surface area contributed by atoms with Crippen LogP contribution in [-0.2, 0) is 20.9 Å². The summed E-state index contributed by atoms with van der Waals surface area (Å²) in [7, 11) is 1.27. The number of hydrogen-bond donors (Lipinski definition) is 0. The minimum atomic E-state index is -0.585. The molecule has 0 radical (unpaired) electrons. The first-order chi connectivity index (χ1) is 12.5. The Labute approximate surface area is 150 Å². The number of esters is 1. The van der Waals surface area contributed by atoms with Crippen molar-refractivity contribution < 1.29 is 18.7 Å². The lowest BCUT2D eigenvalue weighted by Gasteiger charge is -2.17. The highest BCUT2D eigenvalue weighted by Crippen LogP contribution is 2.32. The molecule has 0 unspecified atom stereocenters. The molecule has 0 spiro atoms. The summed E-state index contributed by atoms with van der Waals surface area (Å²) in [6, 6.07) is 9.33. The molecule has 1 aliphatic rings. The lowest BCUT2D eigenvalue weighted by atomic mass is 10.0. The third-order valence-corrected chi connectivity index (χ3v) is 4.15. The number of hydrogen-bond acceptors (Lipinski definition) is 4. The van der Waals surface area contributed by atoms with E-state index in [1.165, 1.54) is 24.1 Å². The summed E-state index contributed by atoms with van der Waals surface area (Å²) in [6.45, 7) is 1.99. The van der Waals surface area contributed by atoms with Crippen LogP contribution >= 0.6 is 0 Å². The SMILES string of the molecule is COC(=O)C1=C(C)N(Cc2cccnc2)C(=O)/C1=C\c1ccc(F)cc1. The smallest absolute Gasteiger partial charge is 0.340 e. The van der Waals surface area contributed by atoms with Crippen LogP contribution < -0.4 is 0 Å². The summed E-state index contributed by atoms with van der Waals surface area (Å²) in [4.78, 5) is 30.7. The lowest BCUT2D eigenvalue weighted by molar-refractivity contribution is -0.136. The number of nitrogens with zero attached hydrogens (tertiary/aromatic N) is 2. The molecule has 2 aromatic rings. The van der Waals surface area contributed by atoms with E-state index < -0.39 is 5.97 Å². The molecular weight excluding hydrogens is 335 g/mol. The molecule has 5 nitrogen and oxygen atoms in total. The topological polar surface area (TPSA) is 59.5 Å². The van der Waals surface area contributed by atoms with Gasteiger partial charge in [0.05, 0.1) is 24.8 Å². The molecule has 2 heterocycles. The van der Waals surface area contributed by atoms with E-state index >= 15 is 0 Å². The molecule has 1 amide bonds. The third kappa shape index (κ3) is 3.39. The number of pyridine rings is 1. The molecule has 132 valence electrons. The van der Waals surface area contributed by atoms with E-state index in [0.29, 0.717) is 17.8 Å². The van der Waals surface area contributed by atoms with Crippen LogP contribution in [0.25, 0.3) is 6.08 Å². The summed E-state index contributed by atoms with van der Waals surface area (Å²) < 4.78 is 18.0. The largest absolute Gasteiger partial charge is 0.465 e. The van der Waals surface area contributed by atoms with Gasteiger partial charge < -0.3 is 9.64 Å². The molecule has 3 rings (SSSR count). The average Bonchev–Trinajstić information content (AvgIpc) is 2.88. The molecule has 0 bridgehead atoms. The van der Waals surface area contributed by atoms with Crippen molar-refractivity contribution in [1.29, 1.82) is 0 Å². The maximum absolute atomic E-state index is 13.1. The number of carbonyl (C=O) groups excluding carboxylic acids is 2. The predicted molar refractivity (Wildman–Crippen MR) is 93.9 cm³/mol. The van der Waals surface area contributed by atoms with Gasteiger partial charge in [0.15, 0.2) is 0 Å². The van der Waals surface area contributed by atoms with Gasteiger partial charge in [-0.3, -0.25) is 9.78 Å². The Morgan fingerprint density at radius 1 is 1.27 bits per heavy atom. The summed E-state index contributed by atoms with van der Waals surface area (Å²) in [5, 5.41) is 0. The molecule has 0 saturated carbocycles. The van der Waals surface area contributed by atoms with Crippen molar-refractivity contribution in [3.63, 3.8) is 0 Å². The number of aromatic nitrogens is 1. The van der Waals surface area contributed by atoms with Gasteiger partial charge in [-0.1, -0.05) is 18.2 Å². The molecule has 1 aromatic carbocycles. The molecule has 1 aliphatic heterocycles. The minimum Gasteiger partial charge on any atom is -0.465 e. The number of allylic oxidation sites excluding steroid dienone is 1. The number of carbonyl (C=O) groups is 2. The van der Waals surface area contributed by atoms with Gasteiger partial charge in [-0.25, -0.2) is 9.18 Å². The van der Waals surface area contributed by atoms with Crippen LogP contribution in [0.4, 0.5) is 4.39 Å². The fourth-order valence-corrected chi connectivity index (χ4v) is 2.82. The quantitative estimate of drug-likeness (QED) is 0.627. The molecule has 0 fully saturated rings. The number of amides is 1. The molecule has 1 aromatic heterocycles. The highest BCUT2D eigenvalue weighted by Gasteiger charge is 2.36. The van der Waals surface area contributed by atoms with E-state index in [2.05, 4.69) is 4.98 Å². The van der Waals surface area contributed by atoms with Crippen molar-refractivity contribution in [3.05, 3.63) is 82.6 Å². The van der Waals surface area contributed by atoms with E-state index in [1.54, 1.807) is 43.6 Å². The Kier molecular flexibility index (Phi) is 4.93. The summed E-state index contributed by atoms with van der Waals surface area (Å²) in [5.41, 5.74) is 2.41. The monoisotopic (exact) mass is 352 g/mol. The van der Waals surface area contributed by atoms with Crippen molar-refractivity contribution in [2.45, 2.75) is 13.5 Å². The highest BCUT2D eigenvalue weighted by molar-refractivity contribution is 6.16. The second-order valence-electron chi connectivity index (χ2n) is 5.81. The Morgan fingerprint density at radius 3 is 2.62 bits per heavy atom. The van der Waals surface area contributed by atoms with E-state index in [-0.39, 0.29) is 22.9 Å². The number of ether oxygens (including phenoxy) is 1. The van der Waals surface area contributed by atoms with Crippen molar-refractivity contribution in [2.24, 2.45) is 0 Å². The standard InChI is InChI=1S/C20H17FN2O3/c1-13-18(20(25)26-2)17(10-14-5-7-16(21)8-6-14)19(24)23(13)12-15-4-3-9-22-11-15/h3-11H,12H2,1-2H3/b17-10-. The Bertz CT molecular complexity index is 902. The van der Waals surface area contributed by atoms with Crippen LogP contribution in [0.2, 0.25) is 0 Å². The fraction of sp³-hybridized carbons (Fsp3) is 0.150. The molecule has 0 aliphatic carbocycles. The molecule has 26 heavy (non-hydrogen) atoms. The highest BCUT2D eigenvalue weighted by atomic mass is 19.1. The van der Waals surface area contributed by atoms with Crippen molar-refractivity contribution in [1.82, 2.24) is 9.88 Å². The van der Waals surface area contributed by atoms with Crippen LogP contribution in [0.15, 0.2) is 65.6 Å². The normalized spacial score (nSPS) is 15.7. The zero-order valence-corrected chi connectivity index (χ0v) is 14.4. The maximum atomic E-state index is 13.1. The molecular formula is C20H17FN2O3. The van der Waals surface area contributed by atoms with Crippen LogP contribution in [0.1, 0.15) is 18.1 Å². The van der Waals surface area contributed by atoms with Crippen molar-refractivity contribution >= 4 is 18.0 Å². The molecule has 0 atom stereocenters. The van der Waals surface area contributed by atoms with Gasteiger partial charge >= 0.3 is 5.97 Å². The van der Waals surface area contributed by atoms with Gasteiger partial charge in [0.2, 0.25) is 0 Å². The number of halogens is 1. The second-order valence-corrected chi connectivity index (χ2v) is 5.81. The van der Waals surface area contributed by atoms with E-state index in [9.17, 15) is 14.0 Å². The summed E-state index contributed by atoms with van der Waals surface area (Å²) in [5.74, 6) is -1.27. The zero-order valence-electron chi connectivity index (χ0n) is 14.4. The first-order valence-electron chi connectivity index (χ1n) is 7.99. The van der Waals surface area contributed by atoms with E-state index in [0.717, 1.165) is 5.56 Å². The van der Waals surface area contributed by atoms with Gasteiger partial charge in [-0.05, 0) is 42.3 Å². The van der Waals surface area contributed by atoms with Crippen molar-refractivity contribution in [3.8, 4) is 0 Å². The average molecular weight is 352 g/mol. The third-order valence-electron chi connectivity index (χ3n) is 4.15. The maximum Gasteiger partial charge on any atom is 0.340 e. The molecule has 0 N–H and O–H groups in total. The molecule has 6 heteroatoms. The zero-order chi connectivity index (χ0) is 18.7. The van der Waals surface area contributed by atoms with Gasteiger partial charge in [0.25, 0.3) is 5.91 Å². The lowest BCUT2D eigenvalue weighted by Crippen LogP contribution is -2.24. The minimum absolute atomic E-state index is 0.214. The number of methoxy groups -OCH3 is 1. The Hall–Kier alpha value is -3.28. The second kappa shape index (κ2) is 7.31. The van der Waals surface area contributed by atoms with Gasteiger partial charge in [-0.15, -0.1) is 0 Å². The summed E-state index contributed by atoms with van der Waals surface area (Å²) in [6.07, 6.45) is 4.89. The van der Waals surface area contributed by atoms with Gasteiger partial charge in [-0.2, -0.15) is 0 Å². The van der Waals surface area contributed by atoms with Crippen molar-refractivity contribution in [2.75, 3.05) is 7.11 Å². The first-order valence-corrected chi connectivity index (χ1v) is 7.99. The van der Waals surface area contributed by atoms with Crippen LogP contribution in [0.3, 0.4) is 0 Å². The van der Waals surface area contributed by atoms with Crippen LogP contribution in [-0.4, -0.2) is 28.9 Å². The van der Waals surface area contributed by atoms with Gasteiger partial charge in [0, 0.05) is 18.1 Å².